The number of hydrogen-bond donors (Lipinski definition) is 1. The Hall–Kier alpha value is -0.630. The monoisotopic (exact) mass is 208 g/mol. The van der Waals surface area contributed by atoms with E-state index in [0.29, 0.717) is 11.8 Å². The van der Waals surface area contributed by atoms with Crippen LogP contribution in [-0.4, -0.2) is 49.7 Å². The molecule has 1 N–H and O–H groups in total. The minimum atomic E-state index is 0.318. The van der Waals surface area contributed by atoms with Crippen LogP contribution in [0, 0.1) is 16.7 Å². The van der Waals surface area contributed by atoms with Gasteiger partial charge in [0.1, 0.15) is 0 Å². The van der Waals surface area contributed by atoms with Gasteiger partial charge in [0.05, 0.1) is 6.07 Å². The lowest BCUT2D eigenvalue weighted by Crippen LogP contribution is -2.51. The Morgan fingerprint density at radius 2 is 1.93 bits per heavy atom. The Kier molecular flexibility index (Phi) is 3.25. The Morgan fingerprint density at radius 1 is 1.27 bits per heavy atom. The first-order chi connectivity index (χ1) is 7.24. The molecule has 2 rings (SSSR count). The van der Waals surface area contributed by atoms with Gasteiger partial charge in [-0.1, -0.05) is 0 Å². The SMILES string of the molecule is CN1CCN(NCC2(CC#N)CC2)CC1. The number of rotatable bonds is 4. The highest BCUT2D eigenvalue weighted by Crippen LogP contribution is 2.47. The van der Waals surface area contributed by atoms with Crippen molar-refractivity contribution in [3.63, 3.8) is 0 Å². The van der Waals surface area contributed by atoms with Gasteiger partial charge in [0.15, 0.2) is 0 Å². The number of likely N-dealkylation sites (N-methyl/N-ethyl adjacent to an activating group) is 1. The van der Waals surface area contributed by atoms with Crippen LogP contribution in [-0.2, 0) is 0 Å². The van der Waals surface area contributed by atoms with Crippen LogP contribution in [0.25, 0.3) is 0 Å². The van der Waals surface area contributed by atoms with Crippen molar-refractivity contribution < 1.29 is 0 Å². The quantitative estimate of drug-likeness (QED) is 0.727. The Labute approximate surface area is 91.8 Å². The van der Waals surface area contributed by atoms with Gasteiger partial charge in [0, 0.05) is 39.1 Å². The van der Waals surface area contributed by atoms with E-state index in [1.54, 1.807) is 0 Å². The fraction of sp³-hybridized carbons (Fsp3) is 0.909. The van der Waals surface area contributed by atoms with Crippen molar-refractivity contribution in [1.29, 1.82) is 5.26 Å². The summed E-state index contributed by atoms with van der Waals surface area (Å²) in [5, 5.41) is 11.0. The van der Waals surface area contributed by atoms with Crippen LogP contribution in [0.15, 0.2) is 0 Å². The summed E-state index contributed by atoms with van der Waals surface area (Å²) in [5.74, 6) is 0. The maximum absolute atomic E-state index is 8.72. The zero-order chi connectivity index (χ0) is 10.7. The molecule has 0 amide bonds. The highest BCUT2D eigenvalue weighted by molar-refractivity contribution is 5.00. The van der Waals surface area contributed by atoms with Gasteiger partial charge in [-0.2, -0.15) is 5.26 Å². The third-order valence-corrected chi connectivity index (χ3v) is 3.59. The lowest BCUT2D eigenvalue weighted by Gasteiger charge is -2.33. The first-order valence-corrected chi connectivity index (χ1v) is 5.78. The third kappa shape index (κ3) is 2.91. The van der Waals surface area contributed by atoms with E-state index in [9.17, 15) is 0 Å². The van der Waals surface area contributed by atoms with Crippen LogP contribution < -0.4 is 5.43 Å². The molecule has 1 saturated carbocycles. The molecular weight excluding hydrogens is 188 g/mol. The molecule has 15 heavy (non-hydrogen) atoms. The lowest BCUT2D eigenvalue weighted by atomic mass is 10.0. The molecule has 1 aliphatic carbocycles. The summed E-state index contributed by atoms with van der Waals surface area (Å²) in [7, 11) is 2.16. The number of nitrogens with zero attached hydrogens (tertiary/aromatic N) is 3. The van der Waals surface area contributed by atoms with E-state index >= 15 is 0 Å². The Bertz CT molecular complexity index is 246. The minimum absolute atomic E-state index is 0.318. The molecule has 0 atom stereocenters. The van der Waals surface area contributed by atoms with Crippen LogP contribution in [0.3, 0.4) is 0 Å². The van der Waals surface area contributed by atoms with Gasteiger partial charge in [-0.25, -0.2) is 5.01 Å². The molecule has 0 unspecified atom stereocenters. The van der Waals surface area contributed by atoms with Crippen LogP contribution in [0.5, 0.6) is 0 Å². The average molecular weight is 208 g/mol. The van der Waals surface area contributed by atoms with Crippen molar-refractivity contribution in [2.75, 3.05) is 39.8 Å². The first-order valence-electron chi connectivity index (χ1n) is 5.78. The number of hydrogen-bond acceptors (Lipinski definition) is 4. The second kappa shape index (κ2) is 4.48. The predicted octanol–water partition coefficient (Wildman–Crippen LogP) is 0.432. The molecule has 84 valence electrons. The second-order valence-electron chi connectivity index (χ2n) is 4.96. The highest BCUT2D eigenvalue weighted by atomic mass is 15.5. The summed E-state index contributed by atoms with van der Waals surface area (Å²) >= 11 is 0. The molecule has 0 bridgehead atoms. The van der Waals surface area contributed by atoms with Crippen LogP contribution >= 0.6 is 0 Å². The van der Waals surface area contributed by atoms with E-state index < -0.39 is 0 Å². The fourth-order valence-electron chi connectivity index (χ4n) is 2.00. The molecule has 1 heterocycles. The van der Waals surface area contributed by atoms with Gasteiger partial charge in [0.2, 0.25) is 0 Å². The summed E-state index contributed by atoms with van der Waals surface area (Å²) in [6.45, 7) is 5.46. The van der Waals surface area contributed by atoms with Crippen molar-refractivity contribution in [2.45, 2.75) is 19.3 Å². The summed E-state index contributed by atoms with van der Waals surface area (Å²) in [6, 6.07) is 2.30. The lowest BCUT2D eigenvalue weighted by molar-refractivity contribution is 0.0959. The molecule has 0 spiro atoms. The Morgan fingerprint density at radius 3 is 2.47 bits per heavy atom. The minimum Gasteiger partial charge on any atom is -0.304 e. The van der Waals surface area contributed by atoms with Crippen LogP contribution in [0.2, 0.25) is 0 Å². The zero-order valence-electron chi connectivity index (χ0n) is 9.50. The summed E-state index contributed by atoms with van der Waals surface area (Å²) in [4.78, 5) is 2.35. The number of piperazine rings is 1. The van der Waals surface area contributed by atoms with E-state index in [1.807, 2.05) is 0 Å². The van der Waals surface area contributed by atoms with Crippen molar-refractivity contribution in [3.05, 3.63) is 0 Å². The molecular formula is C11H20N4. The van der Waals surface area contributed by atoms with Crippen molar-refractivity contribution in [3.8, 4) is 6.07 Å². The van der Waals surface area contributed by atoms with Gasteiger partial charge < -0.3 is 4.90 Å². The van der Waals surface area contributed by atoms with Gasteiger partial charge >= 0.3 is 0 Å². The van der Waals surface area contributed by atoms with Gasteiger partial charge in [-0.15, -0.1) is 0 Å². The van der Waals surface area contributed by atoms with E-state index in [4.69, 9.17) is 5.26 Å². The number of nitriles is 1. The zero-order valence-corrected chi connectivity index (χ0v) is 9.50. The largest absolute Gasteiger partial charge is 0.304 e. The van der Waals surface area contributed by atoms with Crippen molar-refractivity contribution >= 4 is 0 Å². The van der Waals surface area contributed by atoms with Crippen LogP contribution in [0.1, 0.15) is 19.3 Å². The topological polar surface area (TPSA) is 42.3 Å². The molecule has 0 aromatic heterocycles. The molecule has 2 fully saturated rings. The van der Waals surface area contributed by atoms with E-state index in [2.05, 4.69) is 28.5 Å². The maximum Gasteiger partial charge on any atom is 0.0628 e. The van der Waals surface area contributed by atoms with Crippen LogP contribution in [0.4, 0.5) is 0 Å². The molecule has 1 saturated heterocycles. The Balaban J connectivity index is 1.68. The standard InChI is InChI=1S/C11H20N4/c1-14-6-8-15(9-7-14)13-10-11(2-3-11)4-5-12/h13H,2-4,6-10H2,1H3. The van der Waals surface area contributed by atoms with Gasteiger partial charge in [-0.3, -0.25) is 5.43 Å². The second-order valence-corrected chi connectivity index (χ2v) is 4.96. The predicted molar refractivity (Wildman–Crippen MR) is 59.0 cm³/mol. The molecule has 0 radical (unpaired) electrons. The molecule has 1 aliphatic heterocycles. The summed E-state index contributed by atoms with van der Waals surface area (Å²) in [5.41, 5.74) is 3.80. The summed E-state index contributed by atoms with van der Waals surface area (Å²) in [6.07, 6.45) is 3.16. The first kappa shape index (κ1) is 10.9. The molecule has 4 nitrogen and oxygen atoms in total. The maximum atomic E-state index is 8.72. The van der Waals surface area contributed by atoms with E-state index in [-0.39, 0.29) is 0 Å². The third-order valence-electron chi connectivity index (χ3n) is 3.59. The molecule has 2 aliphatic rings. The molecule has 4 heteroatoms. The van der Waals surface area contributed by atoms with Gasteiger partial charge in [0.25, 0.3) is 0 Å². The normalized spacial score (nSPS) is 26.1. The van der Waals surface area contributed by atoms with E-state index in [1.165, 1.54) is 12.8 Å². The number of nitrogens with one attached hydrogen (secondary N) is 1. The molecule has 0 aromatic carbocycles. The summed E-state index contributed by atoms with van der Waals surface area (Å²) < 4.78 is 0. The van der Waals surface area contributed by atoms with Crippen molar-refractivity contribution in [2.24, 2.45) is 5.41 Å². The number of hydrazine groups is 1. The molecule has 0 aromatic rings. The smallest absolute Gasteiger partial charge is 0.0628 e. The van der Waals surface area contributed by atoms with Crippen molar-refractivity contribution in [1.82, 2.24) is 15.3 Å². The highest BCUT2D eigenvalue weighted by Gasteiger charge is 2.42. The average Bonchev–Trinajstić information content (AvgIpc) is 2.99. The van der Waals surface area contributed by atoms with E-state index in [0.717, 1.165) is 32.7 Å². The fourth-order valence-corrected chi connectivity index (χ4v) is 2.00. The van der Waals surface area contributed by atoms with Gasteiger partial charge in [-0.05, 0) is 25.3 Å².